The molecule has 0 unspecified atom stereocenters. The lowest BCUT2D eigenvalue weighted by Gasteiger charge is -2.28. The number of hydrogen-bond donors (Lipinski definition) is 5. The number of aliphatic hydroxyl groups excluding tert-OH is 2. The molecule has 190 valence electrons. The first-order chi connectivity index (χ1) is 16.5. The van der Waals surface area contributed by atoms with Crippen molar-refractivity contribution in [2.45, 2.75) is 71.0 Å². The van der Waals surface area contributed by atoms with E-state index in [-0.39, 0.29) is 6.10 Å². The maximum atomic E-state index is 10.8. The first kappa shape index (κ1) is 25.6. The molecule has 0 radical (unpaired) electrons. The van der Waals surface area contributed by atoms with Gasteiger partial charge in [-0.25, -0.2) is 9.97 Å². The van der Waals surface area contributed by atoms with Gasteiger partial charge in [-0.2, -0.15) is 4.98 Å². The minimum Gasteiger partial charge on any atom is -0.390 e. The molecule has 0 amide bonds. The van der Waals surface area contributed by atoms with Crippen LogP contribution < -0.4 is 10.6 Å². The second-order valence-corrected chi connectivity index (χ2v) is 10.8. The maximum absolute atomic E-state index is 10.8. The smallest absolute Gasteiger partial charge is 0.224 e. The summed E-state index contributed by atoms with van der Waals surface area (Å²) in [5, 5.41) is 39.2. The third-order valence-corrected chi connectivity index (χ3v) is 7.69. The summed E-state index contributed by atoms with van der Waals surface area (Å²) >= 11 is 1.52. The zero-order valence-corrected chi connectivity index (χ0v) is 21.7. The Labute approximate surface area is 208 Å². The van der Waals surface area contributed by atoms with Crippen molar-refractivity contribution in [2.24, 2.45) is 5.92 Å². The molecule has 1 fully saturated rings. The number of methoxy groups -OCH3 is 1. The van der Waals surface area contributed by atoms with Crippen LogP contribution in [0.1, 0.15) is 38.6 Å². The van der Waals surface area contributed by atoms with Crippen LogP contribution >= 0.6 is 11.3 Å². The van der Waals surface area contributed by atoms with Crippen LogP contribution in [-0.2, 0) is 4.74 Å². The monoisotopic (exact) mass is 502 g/mol. The summed E-state index contributed by atoms with van der Waals surface area (Å²) in [6.45, 7) is 9.57. The van der Waals surface area contributed by atoms with Gasteiger partial charge in [0.05, 0.1) is 45.5 Å². The number of fused-ring (bicyclic) bond motifs is 1. The highest BCUT2D eigenvalue weighted by Crippen LogP contribution is 2.40. The van der Waals surface area contributed by atoms with Gasteiger partial charge in [-0.1, -0.05) is 0 Å². The molecule has 3 aromatic rings. The molecule has 1 aliphatic rings. The molecule has 1 aliphatic carbocycles. The quantitative estimate of drug-likeness (QED) is 0.311. The van der Waals surface area contributed by atoms with E-state index in [1.165, 1.54) is 11.3 Å². The Morgan fingerprint density at radius 3 is 2.54 bits per heavy atom. The van der Waals surface area contributed by atoms with E-state index in [4.69, 9.17) is 14.7 Å². The van der Waals surface area contributed by atoms with Gasteiger partial charge >= 0.3 is 0 Å². The van der Waals surface area contributed by atoms with E-state index in [9.17, 15) is 15.3 Å². The molecule has 11 heteroatoms. The molecule has 1 saturated carbocycles. The normalized spacial score (nSPS) is 23.6. The zero-order valence-electron chi connectivity index (χ0n) is 20.9. The van der Waals surface area contributed by atoms with Crippen LogP contribution in [0.3, 0.4) is 0 Å². The highest BCUT2D eigenvalue weighted by atomic mass is 32.1. The lowest BCUT2D eigenvalue weighted by molar-refractivity contribution is -0.0601. The summed E-state index contributed by atoms with van der Waals surface area (Å²) in [4.78, 5) is 18.6. The van der Waals surface area contributed by atoms with Gasteiger partial charge in [0, 0.05) is 25.8 Å². The van der Waals surface area contributed by atoms with Crippen LogP contribution in [0.5, 0.6) is 0 Å². The Morgan fingerprint density at radius 1 is 1.17 bits per heavy atom. The molecule has 0 aliphatic heterocycles. The molecular formula is C24H34N6O4S. The zero-order chi connectivity index (χ0) is 25.5. The van der Waals surface area contributed by atoms with E-state index in [1.807, 2.05) is 26.8 Å². The van der Waals surface area contributed by atoms with Crippen molar-refractivity contribution in [1.82, 2.24) is 19.9 Å². The van der Waals surface area contributed by atoms with Crippen LogP contribution in [0.25, 0.3) is 20.8 Å². The second kappa shape index (κ2) is 9.90. The second-order valence-electron chi connectivity index (χ2n) is 9.77. The Balaban J connectivity index is 1.75. The van der Waals surface area contributed by atoms with Gasteiger partial charge < -0.3 is 30.7 Å². The number of thiazole rings is 1. The van der Waals surface area contributed by atoms with Crippen LogP contribution in [0, 0.1) is 19.8 Å². The molecule has 3 aromatic heterocycles. The van der Waals surface area contributed by atoms with Crippen LogP contribution in [0.15, 0.2) is 12.3 Å². The molecule has 0 saturated heterocycles. The molecule has 10 nitrogen and oxygen atoms in total. The Kier molecular flexibility index (Phi) is 7.26. The van der Waals surface area contributed by atoms with Gasteiger partial charge in [0.15, 0.2) is 0 Å². The summed E-state index contributed by atoms with van der Waals surface area (Å²) in [6.07, 6.45) is -0.0228. The van der Waals surface area contributed by atoms with E-state index < -0.39 is 29.8 Å². The molecule has 3 heterocycles. The average Bonchev–Trinajstić information content (AvgIpc) is 3.34. The first-order valence-electron chi connectivity index (χ1n) is 11.7. The molecule has 0 spiro atoms. The van der Waals surface area contributed by atoms with E-state index in [0.717, 1.165) is 26.5 Å². The van der Waals surface area contributed by atoms with E-state index in [2.05, 4.69) is 20.6 Å². The molecule has 4 rings (SSSR count). The fourth-order valence-corrected chi connectivity index (χ4v) is 5.59. The van der Waals surface area contributed by atoms with Crippen molar-refractivity contribution in [1.29, 1.82) is 0 Å². The molecule has 0 aromatic carbocycles. The van der Waals surface area contributed by atoms with Gasteiger partial charge in [0.2, 0.25) is 5.95 Å². The van der Waals surface area contributed by atoms with Crippen molar-refractivity contribution >= 4 is 33.3 Å². The Bertz CT molecular complexity index is 1200. The molecule has 5 atom stereocenters. The predicted molar refractivity (Wildman–Crippen MR) is 137 cm³/mol. The standard InChI is InChI=1S/C24H34N6O4S/c1-11(34-6)10-26-23-27-12(2)17(22-29-18-13(3)25-8-7-16(18)35-22)21(30-23)28-15-9-14(24(4,5)33)19(31)20(15)32/h7-8,11,14-15,19-20,31-33H,9-10H2,1-6H3,(H2,26,27,28,30)/t11-,14+,15-,19-,20+/m1/s1. The van der Waals surface area contributed by atoms with E-state index in [1.54, 1.807) is 27.2 Å². The minimum atomic E-state index is -1.14. The van der Waals surface area contributed by atoms with Crippen molar-refractivity contribution in [3.05, 3.63) is 23.7 Å². The fourth-order valence-electron chi connectivity index (χ4n) is 4.47. The van der Waals surface area contributed by atoms with Crippen LogP contribution in [0.4, 0.5) is 11.8 Å². The first-order valence-corrected chi connectivity index (χ1v) is 12.5. The number of ether oxygens (including phenoxy) is 1. The van der Waals surface area contributed by atoms with Gasteiger partial charge in [0.25, 0.3) is 0 Å². The third-order valence-electron chi connectivity index (χ3n) is 6.66. The van der Waals surface area contributed by atoms with Gasteiger partial charge in [0.1, 0.15) is 22.4 Å². The molecule has 35 heavy (non-hydrogen) atoms. The molecule has 5 N–H and O–H groups in total. The van der Waals surface area contributed by atoms with Gasteiger partial charge in [-0.05, 0) is 47.1 Å². The lowest BCUT2D eigenvalue weighted by Crippen LogP contribution is -2.40. The van der Waals surface area contributed by atoms with Crippen LogP contribution in [-0.4, -0.2) is 78.9 Å². The maximum Gasteiger partial charge on any atom is 0.224 e. The largest absolute Gasteiger partial charge is 0.390 e. The number of aliphatic hydroxyl groups is 3. The number of hydrogen-bond acceptors (Lipinski definition) is 11. The topological polar surface area (TPSA) is 146 Å². The summed E-state index contributed by atoms with van der Waals surface area (Å²) < 4.78 is 6.32. The molecule has 0 bridgehead atoms. The van der Waals surface area contributed by atoms with E-state index >= 15 is 0 Å². The number of anilines is 2. The van der Waals surface area contributed by atoms with Crippen molar-refractivity contribution < 1.29 is 20.1 Å². The molecular weight excluding hydrogens is 468 g/mol. The number of aromatic nitrogens is 4. The average molecular weight is 503 g/mol. The number of pyridine rings is 1. The summed E-state index contributed by atoms with van der Waals surface area (Å²) in [6, 6.07) is 1.41. The summed E-state index contributed by atoms with van der Waals surface area (Å²) in [5.74, 6) is 0.434. The van der Waals surface area contributed by atoms with Gasteiger partial charge in [-0.15, -0.1) is 11.3 Å². The Hall–Kier alpha value is -2.44. The van der Waals surface area contributed by atoms with Crippen molar-refractivity contribution in [3.63, 3.8) is 0 Å². The third kappa shape index (κ3) is 5.24. The SMILES string of the molecule is CO[C@H](C)CNc1nc(C)c(-c2nc3c(C)nccc3s2)c(N[C@@H]2C[C@H](C(C)(C)O)[C@@H](O)[C@H]2O)n1. The van der Waals surface area contributed by atoms with Crippen molar-refractivity contribution in [3.8, 4) is 10.6 Å². The fraction of sp³-hybridized carbons (Fsp3) is 0.583. The highest BCUT2D eigenvalue weighted by molar-refractivity contribution is 7.21. The predicted octanol–water partition coefficient (Wildman–Crippen LogP) is 2.51. The van der Waals surface area contributed by atoms with Crippen LogP contribution in [0.2, 0.25) is 0 Å². The summed E-state index contributed by atoms with van der Waals surface area (Å²) in [5.41, 5.74) is 1.97. The van der Waals surface area contributed by atoms with Crippen molar-refractivity contribution in [2.75, 3.05) is 24.3 Å². The van der Waals surface area contributed by atoms with Gasteiger partial charge in [-0.3, -0.25) is 4.98 Å². The number of nitrogens with zero attached hydrogens (tertiary/aromatic N) is 4. The number of aryl methyl sites for hydroxylation is 2. The summed E-state index contributed by atoms with van der Waals surface area (Å²) in [7, 11) is 1.64. The Morgan fingerprint density at radius 2 is 1.91 bits per heavy atom. The lowest BCUT2D eigenvalue weighted by atomic mass is 9.88. The number of rotatable bonds is 8. The van der Waals surface area contributed by atoms with E-state index in [0.29, 0.717) is 30.4 Å². The minimum absolute atomic E-state index is 0.0333. The number of nitrogens with one attached hydrogen (secondary N) is 2. The highest BCUT2D eigenvalue weighted by Gasteiger charge is 2.48.